The van der Waals surface area contributed by atoms with Gasteiger partial charge in [-0.15, -0.1) is 6.58 Å². The molecule has 1 aromatic rings. The van der Waals surface area contributed by atoms with Crippen molar-refractivity contribution in [1.82, 2.24) is 0 Å². The van der Waals surface area contributed by atoms with Gasteiger partial charge in [0.1, 0.15) is 0 Å². The number of hydrogen-bond donors (Lipinski definition) is 1. The van der Waals surface area contributed by atoms with E-state index in [1.165, 1.54) is 5.56 Å². The highest BCUT2D eigenvalue weighted by Gasteiger charge is 2.05. The van der Waals surface area contributed by atoms with Crippen molar-refractivity contribution in [1.29, 1.82) is 0 Å². The van der Waals surface area contributed by atoms with Crippen LogP contribution in [-0.2, 0) is 0 Å². The molecule has 0 aliphatic carbocycles. The van der Waals surface area contributed by atoms with Crippen LogP contribution in [0.15, 0.2) is 36.9 Å². The van der Waals surface area contributed by atoms with Gasteiger partial charge < -0.3 is 5.11 Å². The first kappa shape index (κ1) is 11.0. The number of aliphatic hydroxyl groups is 1. The van der Waals surface area contributed by atoms with Gasteiger partial charge in [0.2, 0.25) is 0 Å². The van der Waals surface area contributed by atoms with E-state index in [4.69, 9.17) is 0 Å². The maximum Gasteiger partial charge on any atom is 0.0824 e. The molecule has 0 aliphatic heterocycles. The first-order valence-electron chi connectivity index (χ1n) is 5.04. The van der Waals surface area contributed by atoms with E-state index in [-0.39, 0.29) is 0 Å². The van der Waals surface area contributed by atoms with E-state index in [1.54, 1.807) is 6.08 Å². The lowest BCUT2D eigenvalue weighted by Gasteiger charge is -2.10. The van der Waals surface area contributed by atoms with Crippen LogP contribution < -0.4 is 0 Å². The lowest BCUT2D eigenvalue weighted by molar-refractivity contribution is 0.181. The van der Waals surface area contributed by atoms with Crippen LogP contribution in [-0.4, -0.2) is 5.11 Å². The molecule has 1 rings (SSSR count). The average molecular weight is 190 g/mol. The summed E-state index contributed by atoms with van der Waals surface area (Å²) in [6, 6.07) is 8.13. The number of aliphatic hydroxyl groups excluding tert-OH is 1. The third-order valence-electron chi connectivity index (χ3n) is 2.38. The third kappa shape index (κ3) is 2.71. The van der Waals surface area contributed by atoms with E-state index in [0.29, 0.717) is 12.3 Å². The molecule has 0 saturated heterocycles. The van der Waals surface area contributed by atoms with Crippen LogP contribution in [0, 0.1) is 0 Å². The first-order chi connectivity index (χ1) is 6.65. The van der Waals surface area contributed by atoms with E-state index in [1.807, 2.05) is 12.1 Å². The van der Waals surface area contributed by atoms with Gasteiger partial charge in [-0.05, 0) is 23.5 Å². The van der Waals surface area contributed by atoms with Gasteiger partial charge in [-0.1, -0.05) is 44.2 Å². The summed E-state index contributed by atoms with van der Waals surface area (Å²) >= 11 is 0. The molecular weight excluding hydrogens is 172 g/mol. The molecule has 0 heterocycles. The van der Waals surface area contributed by atoms with Gasteiger partial charge in [-0.2, -0.15) is 0 Å². The SMILES string of the molecule is C=CCC(O)c1ccc(C(C)C)cc1. The summed E-state index contributed by atoms with van der Waals surface area (Å²) in [5.74, 6) is 0.542. The zero-order valence-corrected chi connectivity index (χ0v) is 8.90. The van der Waals surface area contributed by atoms with E-state index < -0.39 is 6.10 Å². The van der Waals surface area contributed by atoms with Crippen LogP contribution >= 0.6 is 0 Å². The normalized spacial score (nSPS) is 12.9. The van der Waals surface area contributed by atoms with Crippen molar-refractivity contribution < 1.29 is 5.11 Å². The zero-order chi connectivity index (χ0) is 10.6. The molecule has 1 N–H and O–H groups in total. The predicted molar refractivity (Wildman–Crippen MR) is 60.3 cm³/mol. The molecule has 0 aliphatic rings. The molecule has 1 unspecified atom stereocenters. The van der Waals surface area contributed by atoms with Crippen LogP contribution in [0.5, 0.6) is 0 Å². The number of hydrogen-bond acceptors (Lipinski definition) is 1. The fourth-order valence-electron chi connectivity index (χ4n) is 1.40. The maximum absolute atomic E-state index is 9.68. The second-order valence-corrected chi connectivity index (χ2v) is 3.86. The fraction of sp³-hybridized carbons (Fsp3) is 0.385. The maximum atomic E-state index is 9.68. The molecule has 0 bridgehead atoms. The van der Waals surface area contributed by atoms with Gasteiger partial charge >= 0.3 is 0 Å². The van der Waals surface area contributed by atoms with Gasteiger partial charge in [-0.3, -0.25) is 0 Å². The molecule has 0 radical (unpaired) electrons. The minimum absolute atomic E-state index is 0.409. The first-order valence-corrected chi connectivity index (χ1v) is 5.04. The fourth-order valence-corrected chi connectivity index (χ4v) is 1.40. The Balaban J connectivity index is 2.77. The number of benzene rings is 1. The highest BCUT2D eigenvalue weighted by Crippen LogP contribution is 2.20. The smallest absolute Gasteiger partial charge is 0.0824 e. The quantitative estimate of drug-likeness (QED) is 0.721. The van der Waals surface area contributed by atoms with Gasteiger partial charge in [-0.25, -0.2) is 0 Å². The molecular formula is C13H18O. The molecule has 0 amide bonds. The Morgan fingerprint density at radius 3 is 2.14 bits per heavy atom. The van der Waals surface area contributed by atoms with Crippen LogP contribution in [0.1, 0.15) is 43.4 Å². The Labute approximate surface area is 86.1 Å². The summed E-state index contributed by atoms with van der Waals surface area (Å²) in [5.41, 5.74) is 2.27. The lowest BCUT2D eigenvalue weighted by atomic mass is 9.99. The summed E-state index contributed by atoms with van der Waals surface area (Å²) in [7, 11) is 0. The van der Waals surface area contributed by atoms with Crippen LogP contribution in [0.2, 0.25) is 0 Å². The minimum Gasteiger partial charge on any atom is -0.388 e. The molecule has 1 nitrogen and oxygen atoms in total. The van der Waals surface area contributed by atoms with Gasteiger partial charge in [0.15, 0.2) is 0 Å². The summed E-state index contributed by atoms with van der Waals surface area (Å²) < 4.78 is 0. The molecule has 14 heavy (non-hydrogen) atoms. The molecule has 0 aromatic heterocycles. The topological polar surface area (TPSA) is 20.2 Å². The second-order valence-electron chi connectivity index (χ2n) is 3.86. The summed E-state index contributed by atoms with van der Waals surface area (Å²) in [6.45, 7) is 7.94. The summed E-state index contributed by atoms with van der Waals surface area (Å²) in [5, 5.41) is 9.68. The monoisotopic (exact) mass is 190 g/mol. The summed E-state index contributed by atoms with van der Waals surface area (Å²) in [6.07, 6.45) is 1.94. The molecule has 0 fully saturated rings. The van der Waals surface area contributed by atoms with Gasteiger partial charge in [0.25, 0.3) is 0 Å². The van der Waals surface area contributed by atoms with E-state index >= 15 is 0 Å². The molecule has 1 heteroatoms. The Hall–Kier alpha value is -1.08. The van der Waals surface area contributed by atoms with Crippen molar-refractivity contribution in [2.75, 3.05) is 0 Å². The molecule has 1 aromatic carbocycles. The molecule has 1 atom stereocenters. The summed E-state index contributed by atoms with van der Waals surface area (Å²) in [4.78, 5) is 0. The van der Waals surface area contributed by atoms with Gasteiger partial charge in [0, 0.05) is 0 Å². The highest BCUT2D eigenvalue weighted by atomic mass is 16.3. The van der Waals surface area contributed by atoms with Crippen molar-refractivity contribution in [3.05, 3.63) is 48.0 Å². The molecule has 76 valence electrons. The van der Waals surface area contributed by atoms with E-state index in [0.717, 1.165) is 5.56 Å². The Bertz CT molecular complexity index is 285. The largest absolute Gasteiger partial charge is 0.388 e. The van der Waals surface area contributed by atoms with E-state index in [2.05, 4.69) is 32.6 Å². The van der Waals surface area contributed by atoms with Crippen molar-refractivity contribution in [2.45, 2.75) is 32.3 Å². The van der Waals surface area contributed by atoms with Crippen LogP contribution in [0.4, 0.5) is 0 Å². The predicted octanol–water partition coefficient (Wildman–Crippen LogP) is 3.42. The standard InChI is InChI=1S/C13H18O/c1-4-5-13(14)12-8-6-11(7-9-12)10(2)3/h4,6-10,13-14H,1,5H2,2-3H3. The Kier molecular flexibility index (Phi) is 3.90. The second kappa shape index (κ2) is 4.97. The van der Waals surface area contributed by atoms with Gasteiger partial charge in [0.05, 0.1) is 6.10 Å². The van der Waals surface area contributed by atoms with Crippen LogP contribution in [0.3, 0.4) is 0 Å². The van der Waals surface area contributed by atoms with Crippen molar-refractivity contribution in [2.24, 2.45) is 0 Å². The van der Waals surface area contributed by atoms with Crippen molar-refractivity contribution in [3.63, 3.8) is 0 Å². The van der Waals surface area contributed by atoms with Crippen molar-refractivity contribution >= 4 is 0 Å². The lowest BCUT2D eigenvalue weighted by Crippen LogP contribution is -1.96. The Morgan fingerprint density at radius 2 is 1.71 bits per heavy atom. The average Bonchev–Trinajstić information content (AvgIpc) is 2.18. The van der Waals surface area contributed by atoms with Crippen molar-refractivity contribution in [3.8, 4) is 0 Å². The third-order valence-corrected chi connectivity index (χ3v) is 2.38. The Morgan fingerprint density at radius 1 is 1.21 bits per heavy atom. The molecule has 0 saturated carbocycles. The molecule has 0 spiro atoms. The highest BCUT2D eigenvalue weighted by molar-refractivity contribution is 5.26. The van der Waals surface area contributed by atoms with Crippen LogP contribution in [0.25, 0.3) is 0 Å². The number of rotatable bonds is 4. The van der Waals surface area contributed by atoms with E-state index in [9.17, 15) is 5.11 Å². The minimum atomic E-state index is -0.409. The zero-order valence-electron chi connectivity index (χ0n) is 8.90.